The molecule has 0 spiro atoms. The Morgan fingerprint density at radius 2 is 1.40 bits per heavy atom. The van der Waals surface area contributed by atoms with Gasteiger partial charge in [0, 0.05) is 17.1 Å². The van der Waals surface area contributed by atoms with E-state index in [0.29, 0.717) is 11.1 Å². The summed E-state index contributed by atoms with van der Waals surface area (Å²) in [5.41, 5.74) is 0.976. The largest absolute Gasteiger partial charge is 0.492 e. The summed E-state index contributed by atoms with van der Waals surface area (Å²) in [6.45, 7) is 1.69. The highest BCUT2D eigenvalue weighted by Gasteiger charge is 2.46. The first-order valence-electron chi connectivity index (χ1n) is 7.45. The fraction of sp³-hybridized carbons (Fsp3) is 0.389. The Hall–Kier alpha value is -3.19. The molecule has 130 valence electrons. The number of methoxy groups -OCH3 is 4. The van der Waals surface area contributed by atoms with E-state index in [0.717, 1.165) is 0 Å². The molecule has 1 atom stereocenters. The topological polar surface area (TPSA) is 102 Å². The Kier molecular flexibility index (Phi) is 5.19. The third-order valence-electron chi connectivity index (χ3n) is 4.23. The number of carbonyl (C=O) groups is 1. The Morgan fingerprint density at radius 1 is 0.920 bits per heavy atom. The van der Waals surface area contributed by atoms with E-state index in [1.54, 1.807) is 13.0 Å². The first-order chi connectivity index (χ1) is 12.1. The normalized spacial score (nSPS) is 17.0. The van der Waals surface area contributed by atoms with E-state index in [2.05, 4.69) is 0 Å². The van der Waals surface area contributed by atoms with Crippen LogP contribution in [0.4, 0.5) is 0 Å². The number of allylic oxidation sites excluding steroid dienone is 2. The molecule has 0 fully saturated rings. The molecule has 0 aromatic heterocycles. The van der Waals surface area contributed by atoms with Crippen molar-refractivity contribution in [1.82, 2.24) is 0 Å². The molecule has 0 saturated heterocycles. The van der Waals surface area contributed by atoms with Gasteiger partial charge in [0.15, 0.2) is 17.3 Å². The van der Waals surface area contributed by atoms with Crippen molar-refractivity contribution in [3.8, 4) is 35.1 Å². The number of hydrogen-bond acceptors (Lipinski definition) is 7. The monoisotopic (exact) mass is 342 g/mol. The van der Waals surface area contributed by atoms with E-state index in [-0.39, 0.29) is 34.3 Å². The Bertz CT molecular complexity index is 816. The van der Waals surface area contributed by atoms with Gasteiger partial charge < -0.3 is 18.9 Å². The Labute approximate surface area is 146 Å². The van der Waals surface area contributed by atoms with Crippen LogP contribution in [0.25, 0.3) is 0 Å². The van der Waals surface area contributed by atoms with Crippen molar-refractivity contribution in [3.05, 3.63) is 22.8 Å². The van der Waals surface area contributed by atoms with Crippen LogP contribution in [-0.4, -0.2) is 34.2 Å². The molecule has 0 N–H and O–H groups in total. The number of ether oxygens (including phenoxy) is 4. The van der Waals surface area contributed by atoms with E-state index in [1.807, 2.05) is 12.1 Å². The van der Waals surface area contributed by atoms with Crippen molar-refractivity contribution >= 4 is 5.78 Å². The number of nitrogens with zero attached hydrogens (tertiary/aromatic N) is 2. The van der Waals surface area contributed by atoms with Gasteiger partial charge in [0.2, 0.25) is 11.5 Å². The summed E-state index contributed by atoms with van der Waals surface area (Å²) in [5.74, 6) is -1.24. The SMILES string of the molecule is C/C=C1/C(=O)c2c(OC)c(OC)c(OC)c(OC)c2C1C(C#N)C#N. The lowest BCUT2D eigenvalue weighted by atomic mass is 9.85. The molecule has 7 heteroatoms. The van der Waals surface area contributed by atoms with E-state index in [4.69, 9.17) is 18.9 Å². The zero-order valence-corrected chi connectivity index (χ0v) is 14.7. The summed E-state index contributed by atoms with van der Waals surface area (Å²) < 4.78 is 21.6. The predicted octanol–water partition coefficient (Wildman–Crippen LogP) is 2.61. The first kappa shape index (κ1) is 18.2. The van der Waals surface area contributed by atoms with Crippen molar-refractivity contribution in [2.24, 2.45) is 5.92 Å². The van der Waals surface area contributed by atoms with Gasteiger partial charge in [-0.05, 0) is 6.92 Å². The average molecular weight is 342 g/mol. The summed E-state index contributed by atoms with van der Waals surface area (Å²) in [5, 5.41) is 18.8. The van der Waals surface area contributed by atoms with Gasteiger partial charge in [-0.25, -0.2) is 0 Å². The molecule has 7 nitrogen and oxygen atoms in total. The molecular weight excluding hydrogens is 324 g/mol. The summed E-state index contributed by atoms with van der Waals surface area (Å²) in [6, 6.07) is 3.90. The van der Waals surface area contributed by atoms with Crippen LogP contribution in [0.3, 0.4) is 0 Å². The van der Waals surface area contributed by atoms with Crippen molar-refractivity contribution in [2.75, 3.05) is 28.4 Å². The standard InChI is InChI=1S/C18H18N2O5/c1-6-10-11(9(7-19)8-20)12-13(14(10)21)16(23-3)18(25-5)17(24-4)15(12)22-2/h6,9,11H,1-5H3/b10-6+. The van der Waals surface area contributed by atoms with Crippen molar-refractivity contribution in [3.63, 3.8) is 0 Å². The molecule has 0 aliphatic heterocycles. The van der Waals surface area contributed by atoms with E-state index >= 15 is 0 Å². The second kappa shape index (κ2) is 7.14. The summed E-state index contributed by atoms with van der Waals surface area (Å²) in [4.78, 5) is 13.0. The quantitative estimate of drug-likeness (QED) is 0.758. The number of Topliss-reactive ketones (excluding diaryl/α,β-unsaturated/α-hetero) is 1. The first-order valence-corrected chi connectivity index (χ1v) is 7.45. The molecule has 1 aliphatic rings. The highest BCUT2D eigenvalue weighted by Crippen LogP contribution is 2.58. The predicted molar refractivity (Wildman–Crippen MR) is 88.2 cm³/mol. The number of fused-ring (bicyclic) bond motifs is 1. The maximum Gasteiger partial charge on any atom is 0.208 e. The second-order valence-corrected chi connectivity index (χ2v) is 5.21. The third-order valence-corrected chi connectivity index (χ3v) is 4.23. The minimum Gasteiger partial charge on any atom is -0.492 e. The number of rotatable bonds is 5. The van der Waals surface area contributed by atoms with E-state index in [1.165, 1.54) is 28.4 Å². The summed E-state index contributed by atoms with van der Waals surface area (Å²) in [7, 11) is 5.69. The lowest BCUT2D eigenvalue weighted by molar-refractivity contribution is 0.103. The summed E-state index contributed by atoms with van der Waals surface area (Å²) in [6.07, 6.45) is 1.60. The third kappa shape index (κ3) is 2.45. The fourth-order valence-electron chi connectivity index (χ4n) is 3.24. The molecule has 0 amide bonds. The van der Waals surface area contributed by atoms with Crippen LogP contribution in [0.1, 0.15) is 28.8 Å². The van der Waals surface area contributed by atoms with Gasteiger partial charge in [0.25, 0.3) is 0 Å². The summed E-state index contributed by atoms with van der Waals surface area (Å²) >= 11 is 0. The van der Waals surface area contributed by atoms with Gasteiger partial charge in [-0.2, -0.15) is 10.5 Å². The molecular formula is C18H18N2O5. The highest BCUT2D eigenvalue weighted by molar-refractivity contribution is 6.17. The maximum absolute atomic E-state index is 13.0. The lowest BCUT2D eigenvalue weighted by Crippen LogP contribution is -2.11. The zero-order chi connectivity index (χ0) is 18.7. The number of nitriles is 2. The number of carbonyl (C=O) groups excluding carboxylic acids is 1. The van der Waals surface area contributed by atoms with Crippen molar-refractivity contribution in [2.45, 2.75) is 12.8 Å². The molecule has 1 aromatic carbocycles. The maximum atomic E-state index is 13.0. The van der Waals surface area contributed by atoms with Crippen molar-refractivity contribution in [1.29, 1.82) is 10.5 Å². The molecule has 2 rings (SSSR count). The van der Waals surface area contributed by atoms with Crippen LogP contribution in [0.2, 0.25) is 0 Å². The average Bonchev–Trinajstić information content (AvgIpc) is 2.93. The number of ketones is 1. The molecule has 1 aliphatic carbocycles. The van der Waals surface area contributed by atoms with Crippen molar-refractivity contribution < 1.29 is 23.7 Å². The van der Waals surface area contributed by atoms with Gasteiger partial charge in [-0.1, -0.05) is 6.08 Å². The minimum atomic E-state index is -1.06. The van der Waals surface area contributed by atoms with Crippen LogP contribution in [0.15, 0.2) is 11.6 Å². The fourth-order valence-corrected chi connectivity index (χ4v) is 3.24. The van der Waals surface area contributed by atoms with Gasteiger partial charge in [-0.15, -0.1) is 0 Å². The van der Waals surface area contributed by atoms with Crippen LogP contribution < -0.4 is 18.9 Å². The molecule has 0 heterocycles. The number of hydrogen-bond donors (Lipinski definition) is 0. The Morgan fingerprint density at radius 3 is 1.80 bits per heavy atom. The second-order valence-electron chi connectivity index (χ2n) is 5.21. The van der Waals surface area contributed by atoms with Crippen LogP contribution in [0.5, 0.6) is 23.0 Å². The van der Waals surface area contributed by atoms with E-state index in [9.17, 15) is 15.3 Å². The molecule has 1 aromatic rings. The van der Waals surface area contributed by atoms with Crippen LogP contribution in [-0.2, 0) is 0 Å². The molecule has 0 radical (unpaired) electrons. The highest BCUT2D eigenvalue weighted by atomic mass is 16.5. The van der Waals surface area contributed by atoms with E-state index < -0.39 is 11.8 Å². The molecule has 25 heavy (non-hydrogen) atoms. The minimum absolute atomic E-state index is 0.191. The van der Waals surface area contributed by atoms with Crippen LogP contribution >= 0.6 is 0 Å². The smallest absolute Gasteiger partial charge is 0.208 e. The lowest BCUT2D eigenvalue weighted by Gasteiger charge is -2.21. The van der Waals surface area contributed by atoms with Gasteiger partial charge in [0.05, 0.1) is 46.1 Å². The number of benzene rings is 1. The Balaban J connectivity index is 3.02. The van der Waals surface area contributed by atoms with Gasteiger partial charge in [0.1, 0.15) is 5.92 Å². The molecule has 1 unspecified atom stereocenters. The molecule has 0 bridgehead atoms. The zero-order valence-electron chi connectivity index (χ0n) is 14.7. The van der Waals surface area contributed by atoms with Crippen LogP contribution in [0, 0.1) is 28.6 Å². The van der Waals surface area contributed by atoms with Gasteiger partial charge in [-0.3, -0.25) is 4.79 Å². The molecule has 0 saturated carbocycles. The van der Waals surface area contributed by atoms with Gasteiger partial charge >= 0.3 is 0 Å².